The molecular weight excluding hydrogens is 1160 g/mol. The van der Waals surface area contributed by atoms with E-state index < -0.39 is 25.5 Å². The molecule has 0 unspecified atom stereocenters. The van der Waals surface area contributed by atoms with E-state index in [0.717, 1.165) is 106 Å². The number of methoxy groups -OCH3 is 4. The number of nitrogen functional groups attached to an aromatic ring is 1. The maximum atomic E-state index is 12.5. The third-order valence-corrected chi connectivity index (χ3v) is 16.6. The van der Waals surface area contributed by atoms with Gasteiger partial charge in [0, 0.05) is 123 Å². The number of benzene rings is 5. The zero-order valence-electron chi connectivity index (χ0n) is 51.5. The molecule has 3 aliphatic heterocycles. The van der Waals surface area contributed by atoms with E-state index in [1.807, 2.05) is 30.3 Å². The lowest BCUT2D eigenvalue weighted by Gasteiger charge is -2.36. The molecule has 0 bridgehead atoms. The minimum absolute atomic E-state index is 0.0134. The van der Waals surface area contributed by atoms with E-state index in [1.54, 1.807) is 44.6 Å². The van der Waals surface area contributed by atoms with E-state index in [-0.39, 0.29) is 22.9 Å². The largest absolute Gasteiger partial charge is 0.495 e. The summed E-state index contributed by atoms with van der Waals surface area (Å²) in [5.41, 5.74) is 11.6. The van der Waals surface area contributed by atoms with Gasteiger partial charge in [-0.25, -0.2) is 17.8 Å². The number of nitro benzene ring substituents is 2. The molecular formula is C61H83ClFN13O10S. The van der Waals surface area contributed by atoms with Gasteiger partial charge < -0.3 is 64.7 Å². The van der Waals surface area contributed by atoms with Crippen molar-refractivity contribution in [1.29, 1.82) is 0 Å². The first-order valence-corrected chi connectivity index (χ1v) is 30.8. The molecule has 0 saturated carbocycles. The molecule has 9 rings (SSSR count). The molecule has 5 aromatic carbocycles. The van der Waals surface area contributed by atoms with E-state index in [0.29, 0.717) is 63.4 Å². The van der Waals surface area contributed by atoms with Crippen molar-refractivity contribution < 1.29 is 41.6 Å². The zero-order valence-corrected chi connectivity index (χ0v) is 53.1. The first-order valence-electron chi connectivity index (χ1n) is 28.4. The molecule has 6 aromatic rings. The van der Waals surface area contributed by atoms with Crippen molar-refractivity contribution in [2.75, 3.05) is 147 Å². The van der Waals surface area contributed by atoms with Crippen molar-refractivity contribution in [3.05, 3.63) is 140 Å². The number of halogens is 2. The summed E-state index contributed by atoms with van der Waals surface area (Å²) in [7, 11) is 15.6. The number of rotatable bonds is 18. The summed E-state index contributed by atoms with van der Waals surface area (Å²) in [4.78, 5) is 42.9. The minimum atomic E-state index is -3.21. The number of nitro groups is 2. The van der Waals surface area contributed by atoms with Crippen LogP contribution in [0.3, 0.4) is 0 Å². The summed E-state index contributed by atoms with van der Waals surface area (Å²) in [6.07, 6.45) is 9.56. The molecule has 3 saturated heterocycles. The first kappa shape index (κ1) is 68.1. The summed E-state index contributed by atoms with van der Waals surface area (Å²) in [6, 6.07) is 29.3. The molecule has 26 heteroatoms. The van der Waals surface area contributed by atoms with E-state index in [1.165, 1.54) is 51.3 Å². The van der Waals surface area contributed by atoms with Crippen molar-refractivity contribution in [2.24, 2.45) is 0 Å². The second kappa shape index (κ2) is 32.1. The van der Waals surface area contributed by atoms with E-state index in [2.05, 4.69) is 109 Å². The fraction of sp³-hybridized carbons (Fsp3) is 0.443. The lowest BCUT2D eigenvalue weighted by molar-refractivity contribution is -0.385. The van der Waals surface area contributed by atoms with Crippen molar-refractivity contribution >= 4 is 78.7 Å². The van der Waals surface area contributed by atoms with Crippen LogP contribution in [-0.2, 0) is 15.6 Å². The average molecular weight is 1240 g/mol. The predicted molar refractivity (Wildman–Crippen MR) is 345 cm³/mol. The van der Waals surface area contributed by atoms with E-state index in [4.69, 9.17) is 31.5 Å². The number of nitrogens with one attached hydrogen (secondary N) is 2. The molecule has 87 heavy (non-hydrogen) atoms. The highest BCUT2D eigenvalue weighted by atomic mass is 35.5. The van der Waals surface area contributed by atoms with Crippen LogP contribution in [0.15, 0.2) is 103 Å². The van der Waals surface area contributed by atoms with Gasteiger partial charge in [0.25, 0.3) is 0 Å². The number of nitrogens with zero attached hydrogens (tertiary/aromatic N) is 10. The highest BCUT2D eigenvalue weighted by molar-refractivity contribution is 7.89. The number of hydrogen-bond acceptors (Lipinski definition) is 21. The fourth-order valence-electron chi connectivity index (χ4n) is 10.4. The second-order valence-corrected chi connectivity index (χ2v) is 24.5. The number of hydrogen-bond donors (Lipinski definition) is 3. The molecule has 4 N–H and O–H groups in total. The predicted octanol–water partition coefficient (Wildman–Crippen LogP) is 10.4. The maximum absolute atomic E-state index is 12.5. The van der Waals surface area contributed by atoms with Crippen LogP contribution in [0.1, 0.15) is 44.1 Å². The van der Waals surface area contributed by atoms with Gasteiger partial charge in [-0.15, -0.1) is 0 Å². The highest BCUT2D eigenvalue weighted by Gasteiger charge is 2.26. The number of anilines is 8. The molecule has 1 aromatic heterocycles. The summed E-state index contributed by atoms with van der Waals surface area (Å²) in [5.74, 6) is 1.73. The Hall–Kier alpha value is -7.97. The Morgan fingerprint density at radius 3 is 1.49 bits per heavy atom. The SMILES string of the molecule is COc1cc(F)ccc1[N+](=O)[O-].COc1cc(N2CCC(N(C)C)CC2)ccc1N.COc1cc(N2CCC(N(C)C)CC2)ccc1Nc1ncc(Cl)c(Nc2ccccc2CS(C)(=O)=O)n1.COc1cc(N2CCC(N(C)C)CC2)ccc1[N+](=O)[O-]. The molecule has 0 atom stereocenters. The van der Waals surface area contributed by atoms with Crippen LogP contribution in [0.25, 0.3) is 0 Å². The Morgan fingerprint density at radius 1 is 0.609 bits per heavy atom. The Morgan fingerprint density at radius 2 is 1.03 bits per heavy atom. The third-order valence-electron chi connectivity index (χ3n) is 15.5. The van der Waals surface area contributed by atoms with E-state index in [9.17, 15) is 33.0 Å². The maximum Gasteiger partial charge on any atom is 0.311 e. The average Bonchev–Trinajstić information content (AvgIpc) is 3.71. The van der Waals surface area contributed by atoms with Crippen LogP contribution in [0.4, 0.5) is 61.7 Å². The molecule has 0 amide bonds. The van der Waals surface area contributed by atoms with Crippen molar-refractivity contribution in [1.82, 2.24) is 24.7 Å². The van der Waals surface area contributed by atoms with Crippen LogP contribution in [0, 0.1) is 26.0 Å². The molecule has 3 fully saturated rings. The van der Waals surface area contributed by atoms with Crippen LogP contribution in [-0.4, -0.2) is 177 Å². The molecule has 0 spiro atoms. The number of sulfone groups is 1. The van der Waals surface area contributed by atoms with Crippen LogP contribution in [0.5, 0.6) is 23.0 Å². The fourth-order valence-corrected chi connectivity index (χ4v) is 11.4. The van der Waals surface area contributed by atoms with Gasteiger partial charge in [0.15, 0.2) is 27.2 Å². The smallest absolute Gasteiger partial charge is 0.311 e. The van der Waals surface area contributed by atoms with Crippen molar-refractivity contribution in [2.45, 2.75) is 62.4 Å². The van der Waals surface area contributed by atoms with Gasteiger partial charge in [0.05, 0.1) is 61.6 Å². The van der Waals surface area contributed by atoms with Crippen LogP contribution >= 0.6 is 11.6 Å². The third kappa shape index (κ3) is 19.8. The molecule has 0 aliphatic carbocycles. The Labute approximate surface area is 515 Å². The standard InChI is InChI=1S/C26H33ClN6O3S.C14H21N3O3.C14H23N3O.C7H6FNO3/c1-32(2)19-11-13-33(14-12-19)20-9-10-23(24(15-20)36-3)30-26-28-16-21(27)25(31-26)29-22-8-6-5-7-18(22)17-37(4,34)35;1-15(2)11-6-8-16(9-7-11)12-4-5-13(17(18)19)14(10-12)20-3;1-16(2)11-6-8-17(9-7-11)12-4-5-13(15)14(10-12)18-3;1-12-7-4-5(8)2-3-6(7)9(10)11/h5-10,15-16,19H,11-14,17H2,1-4H3,(H2,28,29,30,31);4-5,10-11H,6-9H2,1-3H3;4-5,10-11H,6-9,15H2,1-3H3;2-4H,1H3. The van der Waals surface area contributed by atoms with Gasteiger partial charge in [-0.1, -0.05) is 29.8 Å². The summed E-state index contributed by atoms with van der Waals surface area (Å²) in [6.45, 7) is 6.10. The summed E-state index contributed by atoms with van der Waals surface area (Å²) in [5, 5.41) is 27.9. The van der Waals surface area contributed by atoms with Crippen LogP contribution < -0.4 is 50.0 Å². The Kier molecular flexibility index (Phi) is 25.2. The molecule has 0 radical (unpaired) electrons. The van der Waals surface area contributed by atoms with Gasteiger partial charge in [-0.3, -0.25) is 20.2 Å². The Balaban J connectivity index is 0.000000204. The summed E-state index contributed by atoms with van der Waals surface area (Å²) < 4.78 is 56.9. The van der Waals surface area contributed by atoms with E-state index >= 15 is 0 Å². The van der Waals surface area contributed by atoms with Crippen LogP contribution in [0.2, 0.25) is 5.02 Å². The second-order valence-electron chi connectivity index (χ2n) is 21.9. The normalized spacial score (nSPS) is 14.9. The topological polar surface area (TPSA) is 253 Å². The monoisotopic (exact) mass is 1240 g/mol. The van der Waals surface area contributed by atoms with Crippen molar-refractivity contribution in [3.63, 3.8) is 0 Å². The van der Waals surface area contributed by atoms with Gasteiger partial charge >= 0.3 is 11.4 Å². The number of nitrogens with two attached hydrogens (primary N) is 1. The zero-order chi connectivity index (χ0) is 63.5. The highest BCUT2D eigenvalue weighted by Crippen LogP contribution is 2.36. The van der Waals surface area contributed by atoms with Crippen molar-refractivity contribution in [3.8, 4) is 23.0 Å². The number of ether oxygens (including phenoxy) is 4. The lowest BCUT2D eigenvalue weighted by Crippen LogP contribution is -2.41. The molecule has 23 nitrogen and oxygen atoms in total. The lowest BCUT2D eigenvalue weighted by atomic mass is 10.0. The van der Waals surface area contributed by atoms with Gasteiger partial charge in [-0.2, -0.15) is 4.98 Å². The van der Waals surface area contributed by atoms with Gasteiger partial charge in [0.2, 0.25) is 5.95 Å². The number of para-hydroxylation sites is 1. The Bertz CT molecular complexity index is 3340. The first-order chi connectivity index (χ1) is 41.4. The minimum Gasteiger partial charge on any atom is -0.495 e. The molecule has 472 valence electrons. The number of piperidine rings is 3. The quantitative estimate of drug-likeness (QED) is 0.0411. The van der Waals surface area contributed by atoms with Gasteiger partial charge in [-0.05, 0) is 129 Å². The number of aromatic nitrogens is 2. The molecule has 4 heterocycles. The summed E-state index contributed by atoms with van der Waals surface area (Å²) >= 11 is 6.36. The van der Waals surface area contributed by atoms with Gasteiger partial charge in [0.1, 0.15) is 22.3 Å². The molecule has 3 aliphatic rings.